The van der Waals surface area contributed by atoms with Gasteiger partial charge >= 0.3 is 12.6 Å². The number of rotatable bonds is 9. The van der Waals surface area contributed by atoms with Gasteiger partial charge in [0, 0.05) is 11.8 Å². The Morgan fingerprint density at radius 2 is 1.79 bits per heavy atom. The van der Waals surface area contributed by atoms with Crippen molar-refractivity contribution in [2.45, 2.75) is 32.8 Å². The zero-order valence-corrected chi connectivity index (χ0v) is 16.2. The molecule has 0 aromatic heterocycles. The van der Waals surface area contributed by atoms with Crippen LogP contribution in [0.5, 0.6) is 5.75 Å². The molecule has 5 nitrogen and oxygen atoms in total. The summed E-state index contributed by atoms with van der Waals surface area (Å²) in [7, 11) is 0. The monoisotopic (exact) mass is 403 g/mol. The first kappa shape index (κ1) is 22.1. The van der Waals surface area contributed by atoms with Gasteiger partial charge in [0.05, 0.1) is 0 Å². The molecule has 0 saturated carbocycles. The molecular formula is C22H23F2NO4. The number of nitrogens with one attached hydrogen (secondary N) is 1. The van der Waals surface area contributed by atoms with Crippen molar-refractivity contribution in [3.8, 4) is 5.75 Å². The van der Waals surface area contributed by atoms with Crippen LogP contribution in [0, 0.1) is 0 Å². The number of hydrogen-bond acceptors (Lipinski definition) is 4. The molecule has 1 atom stereocenters. The second-order valence-corrected chi connectivity index (χ2v) is 6.33. The minimum Gasteiger partial charge on any atom is -0.452 e. The van der Waals surface area contributed by atoms with Crippen LogP contribution in [0.25, 0.3) is 6.08 Å². The number of halogens is 2. The molecule has 0 unspecified atom stereocenters. The van der Waals surface area contributed by atoms with E-state index >= 15 is 0 Å². The quantitative estimate of drug-likeness (QED) is 0.473. The molecule has 2 aromatic rings. The summed E-state index contributed by atoms with van der Waals surface area (Å²) in [6.07, 6.45) is 3.54. The zero-order chi connectivity index (χ0) is 21.2. The average molecular weight is 403 g/mol. The predicted octanol–water partition coefficient (Wildman–Crippen LogP) is 5.00. The van der Waals surface area contributed by atoms with Crippen molar-refractivity contribution in [2.75, 3.05) is 11.9 Å². The summed E-state index contributed by atoms with van der Waals surface area (Å²) in [5.41, 5.74) is 2.31. The summed E-state index contributed by atoms with van der Waals surface area (Å²) >= 11 is 0. The summed E-state index contributed by atoms with van der Waals surface area (Å²) in [6.45, 7) is 0.826. The van der Waals surface area contributed by atoms with Crippen LogP contribution in [-0.2, 0) is 14.3 Å². The van der Waals surface area contributed by atoms with E-state index in [0.717, 1.165) is 18.1 Å². The smallest absolute Gasteiger partial charge is 0.387 e. The molecule has 1 amide bonds. The third kappa shape index (κ3) is 7.37. The first-order valence-corrected chi connectivity index (χ1v) is 9.17. The van der Waals surface area contributed by atoms with Crippen LogP contribution >= 0.6 is 0 Å². The number of alkyl halides is 2. The van der Waals surface area contributed by atoms with E-state index in [1.165, 1.54) is 30.3 Å². The molecule has 0 saturated heterocycles. The number of carbonyl (C=O) groups excluding carboxylic acids is 2. The van der Waals surface area contributed by atoms with Crippen LogP contribution < -0.4 is 10.1 Å². The Hall–Kier alpha value is -3.22. The number of anilines is 1. The van der Waals surface area contributed by atoms with Gasteiger partial charge in [-0.25, -0.2) is 4.79 Å². The highest BCUT2D eigenvalue weighted by Crippen LogP contribution is 2.26. The van der Waals surface area contributed by atoms with Crippen molar-refractivity contribution in [3.63, 3.8) is 0 Å². The first-order chi connectivity index (χ1) is 13.9. The van der Waals surface area contributed by atoms with E-state index < -0.39 is 25.1 Å². The molecule has 0 aliphatic heterocycles. The van der Waals surface area contributed by atoms with E-state index in [-0.39, 0.29) is 11.7 Å². The van der Waals surface area contributed by atoms with Gasteiger partial charge in [-0.1, -0.05) is 44.2 Å². The molecule has 2 aromatic carbocycles. The van der Waals surface area contributed by atoms with E-state index in [9.17, 15) is 18.4 Å². The third-order valence-electron chi connectivity index (χ3n) is 4.24. The largest absolute Gasteiger partial charge is 0.452 e. The molecule has 2 rings (SSSR count). The molecule has 0 fully saturated rings. The van der Waals surface area contributed by atoms with Crippen LogP contribution in [0.2, 0.25) is 0 Å². The SMILES string of the molecule is CC[C@H](C)c1ccccc1NC(=O)COC(=O)/C=C/c1ccc(OC(F)F)cc1. The van der Waals surface area contributed by atoms with Crippen molar-refractivity contribution in [3.05, 3.63) is 65.7 Å². The predicted molar refractivity (Wildman–Crippen MR) is 107 cm³/mol. The molecule has 0 aliphatic carbocycles. The summed E-state index contributed by atoms with van der Waals surface area (Å²) in [5, 5.41) is 2.76. The molecule has 29 heavy (non-hydrogen) atoms. The Morgan fingerprint density at radius 1 is 1.10 bits per heavy atom. The number of para-hydroxylation sites is 1. The molecule has 7 heteroatoms. The van der Waals surface area contributed by atoms with Crippen molar-refractivity contribution < 1.29 is 27.8 Å². The van der Waals surface area contributed by atoms with Crippen LogP contribution in [0.1, 0.15) is 37.3 Å². The molecule has 0 aliphatic rings. The van der Waals surface area contributed by atoms with Crippen molar-refractivity contribution >= 4 is 23.6 Å². The number of ether oxygens (including phenoxy) is 2. The third-order valence-corrected chi connectivity index (χ3v) is 4.24. The zero-order valence-electron chi connectivity index (χ0n) is 16.2. The number of hydrogen-bond donors (Lipinski definition) is 1. The van der Waals surface area contributed by atoms with E-state index in [2.05, 4.69) is 23.9 Å². The minimum absolute atomic E-state index is 0.0223. The van der Waals surface area contributed by atoms with Gasteiger partial charge in [0.25, 0.3) is 5.91 Å². The maximum atomic E-state index is 12.1. The van der Waals surface area contributed by atoms with Gasteiger partial charge in [0.15, 0.2) is 6.61 Å². The van der Waals surface area contributed by atoms with E-state index in [1.54, 1.807) is 0 Å². The highest BCUT2D eigenvalue weighted by molar-refractivity contribution is 5.95. The molecule has 0 radical (unpaired) electrons. The fraction of sp³-hybridized carbons (Fsp3) is 0.273. The first-order valence-electron chi connectivity index (χ1n) is 9.17. The van der Waals surface area contributed by atoms with E-state index in [1.807, 2.05) is 24.3 Å². The molecule has 0 bridgehead atoms. The molecule has 0 heterocycles. The Balaban J connectivity index is 1.84. The number of amides is 1. The van der Waals surface area contributed by atoms with Crippen LogP contribution in [0.4, 0.5) is 14.5 Å². The summed E-state index contributed by atoms with van der Waals surface area (Å²) in [4.78, 5) is 23.9. The lowest BCUT2D eigenvalue weighted by atomic mass is 9.97. The molecule has 0 spiro atoms. The second-order valence-electron chi connectivity index (χ2n) is 6.33. The van der Waals surface area contributed by atoms with E-state index in [4.69, 9.17) is 4.74 Å². The van der Waals surface area contributed by atoms with Crippen molar-refractivity contribution in [1.29, 1.82) is 0 Å². The standard InChI is InChI=1S/C22H23F2NO4/c1-3-15(2)18-6-4-5-7-19(18)25-20(26)14-28-21(27)13-10-16-8-11-17(12-9-16)29-22(23)24/h4-13,15,22H,3,14H2,1-2H3,(H,25,26)/b13-10+/t15-/m0/s1. The Kier molecular flexibility index (Phi) is 8.33. The number of carbonyl (C=O) groups is 2. The highest BCUT2D eigenvalue weighted by Gasteiger charge is 2.12. The van der Waals surface area contributed by atoms with Crippen LogP contribution in [0.3, 0.4) is 0 Å². The maximum Gasteiger partial charge on any atom is 0.387 e. The van der Waals surface area contributed by atoms with Crippen molar-refractivity contribution in [2.24, 2.45) is 0 Å². The Bertz CT molecular complexity index is 850. The lowest BCUT2D eigenvalue weighted by molar-refractivity contribution is -0.142. The minimum atomic E-state index is -2.89. The fourth-order valence-corrected chi connectivity index (χ4v) is 2.56. The highest BCUT2D eigenvalue weighted by atomic mass is 19.3. The van der Waals surface area contributed by atoms with Gasteiger partial charge in [-0.3, -0.25) is 4.79 Å². The van der Waals surface area contributed by atoms with Gasteiger partial charge in [0.1, 0.15) is 5.75 Å². The average Bonchev–Trinajstić information content (AvgIpc) is 2.71. The molecule has 1 N–H and O–H groups in total. The number of esters is 1. The Labute approximate surface area is 168 Å². The number of benzene rings is 2. The van der Waals surface area contributed by atoms with Gasteiger partial charge in [0.2, 0.25) is 0 Å². The lowest BCUT2D eigenvalue weighted by Crippen LogP contribution is -2.21. The van der Waals surface area contributed by atoms with Gasteiger partial charge in [-0.2, -0.15) is 8.78 Å². The normalized spacial score (nSPS) is 12.0. The van der Waals surface area contributed by atoms with Crippen LogP contribution in [0.15, 0.2) is 54.6 Å². The fourth-order valence-electron chi connectivity index (χ4n) is 2.56. The van der Waals surface area contributed by atoms with Gasteiger partial charge in [-0.15, -0.1) is 0 Å². The van der Waals surface area contributed by atoms with Gasteiger partial charge in [-0.05, 0) is 47.7 Å². The van der Waals surface area contributed by atoms with E-state index in [0.29, 0.717) is 11.3 Å². The Morgan fingerprint density at radius 3 is 2.45 bits per heavy atom. The maximum absolute atomic E-state index is 12.1. The summed E-state index contributed by atoms with van der Waals surface area (Å²) in [6, 6.07) is 13.2. The van der Waals surface area contributed by atoms with Gasteiger partial charge < -0.3 is 14.8 Å². The van der Waals surface area contributed by atoms with Crippen LogP contribution in [-0.4, -0.2) is 25.1 Å². The summed E-state index contributed by atoms with van der Waals surface area (Å²) in [5.74, 6) is -0.817. The van der Waals surface area contributed by atoms with Crippen molar-refractivity contribution in [1.82, 2.24) is 0 Å². The summed E-state index contributed by atoms with van der Waals surface area (Å²) < 4.78 is 33.4. The second kappa shape index (κ2) is 10.9. The topological polar surface area (TPSA) is 64.6 Å². The lowest BCUT2D eigenvalue weighted by Gasteiger charge is -2.15. The molecule has 154 valence electrons. The molecular weight excluding hydrogens is 380 g/mol.